The van der Waals surface area contributed by atoms with Gasteiger partial charge in [0.15, 0.2) is 10.6 Å². The number of ketones is 1. The number of hydrogen-bond donors (Lipinski definition) is 3. The number of H-pyrrole nitrogens is 2. The largest absolute Gasteiger partial charge is 0.344 e. The predicted molar refractivity (Wildman–Crippen MR) is 99.2 cm³/mol. The minimum absolute atomic E-state index is 0.00516. The SMILES string of the molecule is CC1(C)CC(=O)C2=C(C1)Nc1[nH]c(=S)[nH]c(=O)c1[C@H]2c1ccc(F)cc1. The molecule has 2 aliphatic rings. The second-order valence-corrected chi connectivity index (χ2v) is 8.05. The van der Waals surface area contributed by atoms with E-state index in [0.717, 1.165) is 5.70 Å². The number of anilines is 1. The Morgan fingerprint density at radius 1 is 1.12 bits per heavy atom. The summed E-state index contributed by atoms with van der Waals surface area (Å²) in [5.41, 5.74) is 1.95. The molecule has 1 atom stereocenters. The highest BCUT2D eigenvalue weighted by molar-refractivity contribution is 7.71. The number of rotatable bonds is 1. The van der Waals surface area contributed by atoms with Crippen LogP contribution in [-0.2, 0) is 4.79 Å². The molecule has 26 heavy (non-hydrogen) atoms. The molecule has 0 fully saturated rings. The highest BCUT2D eigenvalue weighted by Crippen LogP contribution is 2.47. The Kier molecular flexibility index (Phi) is 3.73. The Balaban J connectivity index is 2.00. The van der Waals surface area contributed by atoms with Gasteiger partial charge >= 0.3 is 0 Å². The van der Waals surface area contributed by atoms with E-state index in [-0.39, 0.29) is 27.3 Å². The first-order valence-electron chi connectivity index (χ1n) is 8.40. The maximum atomic E-state index is 13.4. The van der Waals surface area contributed by atoms with Crippen LogP contribution >= 0.6 is 12.2 Å². The van der Waals surface area contributed by atoms with Gasteiger partial charge in [0.25, 0.3) is 5.56 Å². The number of hydrogen-bond acceptors (Lipinski definition) is 4. The molecule has 134 valence electrons. The highest BCUT2D eigenvalue weighted by Gasteiger charge is 2.41. The Bertz CT molecular complexity index is 1060. The monoisotopic (exact) mass is 371 g/mol. The standard InChI is InChI=1S/C19H18FN3O2S/c1-19(2)7-11-14(12(24)8-19)13(9-3-5-10(20)6-4-9)15-16(21-11)22-18(26)23-17(15)25/h3-6,13H,7-8H2,1-2H3,(H3,21,22,23,25,26)/t13-/m0/s1. The summed E-state index contributed by atoms with van der Waals surface area (Å²) >= 11 is 5.09. The number of aromatic amines is 2. The van der Waals surface area contributed by atoms with Gasteiger partial charge in [0.1, 0.15) is 11.6 Å². The maximum absolute atomic E-state index is 13.4. The van der Waals surface area contributed by atoms with Gasteiger partial charge in [-0.15, -0.1) is 0 Å². The number of aromatic nitrogens is 2. The van der Waals surface area contributed by atoms with E-state index in [9.17, 15) is 14.0 Å². The lowest BCUT2D eigenvalue weighted by Gasteiger charge is -2.38. The average Bonchev–Trinajstić information content (AvgIpc) is 2.52. The second-order valence-electron chi connectivity index (χ2n) is 7.64. The zero-order chi connectivity index (χ0) is 18.6. The smallest absolute Gasteiger partial charge is 0.257 e. The predicted octanol–water partition coefficient (Wildman–Crippen LogP) is 3.77. The molecule has 1 aliphatic carbocycles. The van der Waals surface area contributed by atoms with Gasteiger partial charge in [-0.1, -0.05) is 26.0 Å². The zero-order valence-electron chi connectivity index (χ0n) is 14.4. The first kappa shape index (κ1) is 16.9. The number of fused-ring (bicyclic) bond motifs is 1. The fourth-order valence-electron chi connectivity index (χ4n) is 3.94. The molecule has 0 spiro atoms. The summed E-state index contributed by atoms with van der Waals surface area (Å²) in [6, 6.07) is 5.92. The van der Waals surface area contributed by atoms with Crippen molar-refractivity contribution in [3.8, 4) is 0 Å². The molecular formula is C19H18FN3O2S. The fraction of sp³-hybridized carbons (Fsp3) is 0.316. The van der Waals surface area contributed by atoms with Crippen LogP contribution in [0.15, 0.2) is 40.3 Å². The summed E-state index contributed by atoms with van der Waals surface area (Å²) in [6.45, 7) is 4.08. The first-order valence-corrected chi connectivity index (χ1v) is 8.81. The van der Waals surface area contributed by atoms with Crippen LogP contribution in [0.2, 0.25) is 0 Å². The number of allylic oxidation sites excluding steroid dienone is 2. The lowest BCUT2D eigenvalue weighted by molar-refractivity contribution is -0.118. The number of Topliss-reactive ketones (excluding diaryl/α,β-unsaturated/α-hetero) is 1. The number of carbonyl (C=O) groups is 1. The van der Waals surface area contributed by atoms with E-state index in [0.29, 0.717) is 35.4 Å². The summed E-state index contributed by atoms with van der Waals surface area (Å²) in [5.74, 6) is -0.418. The Morgan fingerprint density at radius 3 is 2.50 bits per heavy atom. The molecule has 0 radical (unpaired) electrons. The Labute approximate surface area is 154 Å². The maximum Gasteiger partial charge on any atom is 0.257 e. The van der Waals surface area contributed by atoms with Crippen molar-refractivity contribution in [2.45, 2.75) is 32.6 Å². The van der Waals surface area contributed by atoms with Crippen LogP contribution < -0.4 is 10.9 Å². The van der Waals surface area contributed by atoms with Crippen molar-refractivity contribution in [2.24, 2.45) is 5.41 Å². The molecule has 0 amide bonds. The van der Waals surface area contributed by atoms with Gasteiger partial charge in [-0.3, -0.25) is 14.6 Å². The molecule has 3 N–H and O–H groups in total. The molecule has 5 nitrogen and oxygen atoms in total. The van der Waals surface area contributed by atoms with Crippen molar-refractivity contribution >= 4 is 23.8 Å². The lowest BCUT2D eigenvalue weighted by atomic mass is 9.69. The van der Waals surface area contributed by atoms with Crippen molar-refractivity contribution in [1.82, 2.24) is 9.97 Å². The van der Waals surface area contributed by atoms with E-state index in [1.807, 2.05) is 13.8 Å². The number of halogens is 1. The van der Waals surface area contributed by atoms with Gasteiger partial charge in [0.05, 0.1) is 5.56 Å². The zero-order valence-corrected chi connectivity index (χ0v) is 15.2. The summed E-state index contributed by atoms with van der Waals surface area (Å²) < 4.78 is 13.6. The molecule has 0 bridgehead atoms. The number of benzene rings is 1. The van der Waals surface area contributed by atoms with Gasteiger partial charge in [-0.25, -0.2) is 4.39 Å². The van der Waals surface area contributed by atoms with Crippen LogP contribution in [0.4, 0.5) is 10.2 Å². The molecule has 0 unspecified atom stereocenters. The summed E-state index contributed by atoms with van der Waals surface area (Å²) in [7, 11) is 0. The van der Waals surface area contributed by atoms with Crippen molar-refractivity contribution in [3.63, 3.8) is 0 Å². The molecule has 0 saturated carbocycles. The third-order valence-electron chi connectivity index (χ3n) is 4.96. The molecule has 1 aliphatic heterocycles. The lowest BCUT2D eigenvalue weighted by Crippen LogP contribution is -2.36. The normalized spacial score (nSPS) is 21.0. The van der Waals surface area contributed by atoms with E-state index in [2.05, 4.69) is 15.3 Å². The Hall–Kier alpha value is -2.54. The summed E-state index contributed by atoms with van der Waals surface area (Å²) in [4.78, 5) is 31.2. The van der Waals surface area contributed by atoms with E-state index in [1.54, 1.807) is 12.1 Å². The summed E-state index contributed by atoms with van der Waals surface area (Å²) in [5, 5.41) is 3.22. The van der Waals surface area contributed by atoms with Crippen LogP contribution in [0.3, 0.4) is 0 Å². The van der Waals surface area contributed by atoms with Crippen LogP contribution in [0.25, 0.3) is 0 Å². The van der Waals surface area contributed by atoms with Gasteiger partial charge in [-0.05, 0) is 41.7 Å². The molecule has 2 heterocycles. The molecule has 2 aromatic rings. The molecular weight excluding hydrogens is 353 g/mol. The van der Waals surface area contributed by atoms with Crippen molar-refractivity contribution in [1.29, 1.82) is 0 Å². The van der Waals surface area contributed by atoms with E-state index in [4.69, 9.17) is 12.2 Å². The minimum atomic E-state index is -0.555. The summed E-state index contributed by atoms with van der Waals surface area (Å²) in [6.07, 6.45) is 1.08. The first-order chi connectivity index (χ1) is 12.2. The highest BCUT2D eigenvalue weighted by atomic mass is 32.1. The van der Waals surface area contributed by atoms with Gasteiger partial charge < -0.3 is 10.3 Å². The quantitative estimate of drug-likeness (QED) is 0.667. The molecule has 1 aromatic heterocycles. The van der Waals surface area contributed by atoms with Gasteiger partial charge in [-0.2, -0.15) is 0 Å². The van der Waals surface area contributed by atoms with Crippen LogP contribution in [-0.4, -0.2) is 15.8 Å². The molecule has 1 aromatic carbocycles. The van der Waals surface area contributed by atoms with E-state index in [1.165, 1.54) is 12.1 Å². The van der Waals surface area contributed by atoms with Crippen LogP contribution in [0.5, 0.6) is 0 Å². The van der Waals surface area contributed by atoms with E-state index < -0.39 is 5.92 Å². The molecule has 4 rings (SSSR count). The van der Waals surface area contributed by atoms with Crippen molar-refractivity contribution < 1.29 is 9.18 Å². The minimum Gasteiger partial charge on any atom is -0.344 e. The second kappa shape index (κ2) is 5.74. The third-order valence-corrected chi connectivity index (χ3v) is 5.16. The van der Waals surface area contributed by atoms with Crippen molar-refractivity contribution in [3.05, 3.63) is 67.6 Å². The van der Waals surface area contributed by atoms with Crippen LogP contribution in [0.1, 0.15) is 43.7 Å². The fourth-order valence-corrected chi connectivity index (χ4v) is 4.13. The van der Waals surface area contributed by atoms with Crippen molar-refractivity contribution in [2.75, 3.05) is 5.32 Å². The Morgan fingerprint density at radius 2 is 1.81 bits per heavy atom. The third kappa shape index (κ3) is 2.72. The molecule has 7 heteroatoms. The number of nitrogens with one attached hydrogen (secondary N) is 3. The topological polar surface area (TPSA) is 77.8 Å². The number of carbonyl (C=O) groups excluding carboxylic acids is 1. The average molecular weight is 371 g/mol. The van der Waals surface area contributed by atoms with E-state index >= 15 is 0 Å². The van der Waals surface area contributed by atoms with Crippen LogP contribution in [0, 0.1) is 16.0 Å². The van der Waals surface area contributed by atoms with Gasteiger partial charge in [0.2, 0.25) is 0 Å². The van der Waals surface area contributed by atoms with Gasteiger partial charge in [0, 0.05) is 23.6 Å². The molecule has 0 saturated heterocycles.